The quantitative estimate of drug-likeness (QED) is 0.785. The summed E-state index contributed by atoms with van der Waals surface area (Å²) in [5, 5.41) is 12.5. The van der Waals surface area contributed by atoms with Gasteiger partial charge >= 0.3 is 0 Å². The molecule has 2 aromatic rings. The number of nitrogens with one attached hydrogen (secondary N) is 1. The number of nitrogens with two attached hydrogens (primary N) is 1. The average molecular weight is 284 g/mol. The second-order valence-electron chi connectivity index (χ2n) is 5.08. The van der Waals surface area contributed by atoms with E-state index in [2.05, 4.69) is 5.32 Å². The molecule has 0 fully saturated rings. The molecule has 2 aromatic carbocycles. The fourth-order valence-corrected chi connectivity index (χ4v) is 2.13. The summed E-state index contributed by atoms with van der Waals surface area (Å²) in [6.45, 7) is 2.46. The maximum Gasteiger partial charge on any atom is 0.237 e. The van der Waals surface area contributed by atoms with E-state index >= 15 is 0 Å². The third kappa shape index (κ3) is 4.07. The summed E-state index contributed by atoms with van der Waals surface area (Å²) in [4.78, 5) is 12.0. The molecule has 0 aliphatic rings. The lowest BCUT2D eigenvalue weighted by Gasteiger charge is -2.14. The van der Waals surface area contributed by atoms with Gasteiger partial charge in [-0.3, -0.25) is 4.79 Å². The van der Waals surface area contributed by atoms with Crippen molar-refractivity contribution in [2.45, 2.75) is 25.9 Å². The van der Waals surface area contributed by atoms with E-state index in [1.54, 1.807) is 18.2 Å². The lowest BCUT2D eigenvalue weighted by atomic mass is 10.0. The molecule has 0 aromatic heterocycles. The number of aryl methyl sites for hydroxylation is 1. The summed E-state index contributed by atoms with van der Waals surface area (Å²) in [5.41, 5.74) is 8.78. The Morgan fingerprint density at radius 1 is 1.14 bits per heavy atom. The molecule has 1 unspecified atom stereocenters. The summed E-state index contributed by atoms with van der Waals surface area (Å²) in [5.74, 6) is -0.0545. The zero-order valence-corrected chi connectivity index (χ0v) is 12.0. The fourth-order valence-electron chi connectivity index (χ4n) is 2.13. The number of hydrogen-bond acceptors (Lipinski definition) is 3. The highest BCUT2D eigenvalue weighted by molar-refractivity contribution is 5.81. The van der Waals surface area contributed by atoms with Crippen molar-refractivity contribution in [3.63, 3.8) is 0 Å². The molecule has 1 amide bonds. The summed E-state index contributed by atoms with van der Waals surface area (Å²) in [6, 6.07) is 14.1. The van der Waals surface area contributed by atoms with Gasteiger partial charge in [-0.2, -0.15) is 0 Å². The highest BCUT2D eigenvalue weighted by atomic mass is 16.3. The van der Waals surface area contributed by atoms with Gasteiger partial charge in [0.25, 0.3) is 0 Å². The van der Waals surface area contributed by atoms with Gasteiger partial charge < -0.3 is 16.2 Å². The SMILES string of the molecule is Cc1ccccc1CNC(=O)C(N)Cc1ccccc1O. The van der Waals surface area contributed by atoms with Gasteiger partial charge in [-0.1, -0.05) is 42.5 Å². The van der Waals surface area contributed by atoms with Gasteiger partial charge in [0.1, 0.15) is 5.75 Å². The number of benzene rings is 2. The Balaban J connectivity index is 1.91. The third-order valence-corrected chi connectivity index (χ3v) is 3.48. The van der Waals surface area contributed by atoms with Gasteiger partial charge in [0, 0.05) is 13.0 Å². The van der Waals surface area contributed by atoms with Crippen molar-refractivity contribution in [3.05, 3.63) is 65.2 Å². The van der Waals surface area contributed by atoms with Crippen molar-refractivity contribution in [1.29, 1.82) is 0 Å². The Bertz CT molecular complexity index is 626. The van der Waals surface area contributed by atoms with Crippen LogP contribution in [0.5, 0.6) is 5.75 Å². The van der Waals surface area contributed by atoms with Crippen LogP contribution < -0.4 is 11.1 Å². The van der Waals surface area contributed by atoms with Crippen LogP contribution in [0.1, 0.15) is 16.7 Å². The largest absolute Gasteiger partial charge is 0.508 e. The molecule has 4 N–H and O–H groups in total. The van der Waals surface area contributed by atoms with Crippen molar-refractivity contribution >= 4 is 5.91 Å². The molecule has 21 heavy (non-hydrogen) atoms. The first kappa shape index (κ1) is 15.1. The molecule has 110 valence electrons. The molecule has 0 radical (unpaired) electrons. The summed E-state index contributed by atoms with van der Waals surface area (Å²) < 4.78 is 0. The second kappa shape index (κ2) is 6.90. The van der Waals surface area contributed by atoms with Crippen molar-refractivity contribution < 1.29 is 9.90 Å². The number of para-hydroxylation sites is 1. The van der Waals surface area contributed by atoms with E-state index in [1.165, 1.54) is 0 Å². The van der Waals surface area contributed by atoms with Crippen molar-refractivity contribution in [2.75, 3.05) is 0 Å². The van der Waals surface area contributed by atoms with Crippen LogP contribution in [0.2, 0.25) is 0 Å². The van der Waals surface area contributed by atoms with Crippen molar-refractivity contribution in [1.82, 2.24) is 5.32 Å². The molecule has 0 saturated carbocycles. The van der Waals surface area contributed by atoms with Crippen LogP contribution in [0.3, 0.4) is 0 Å². The topological polar surface area (TPSA) is 75.4 Å². The van der Waals surface area contributed by atoms with E-state index in [0.29, 0.717) is 18.5 Å². The normalized spacial score (nSPS) is 11.9. The molecule has 0 saturated heterocycles. The van der Waals surface area contributed by atoms with E-state index in [9.17, 15) is 9.90 Å². The maximum atomic E-state index is 12.0. The van der Waals surface area contributed by atoms with Gasteiger partial charge in [-0.05, 0) is 29.7 Å². The number of amides is 1. The van der Waals surface area contributed by atoms with Crippen LogP contribution >= 0.6 is 0 Å². The molecule has 4 nitrogen and oxygen atoms in total. The standard InChI is InChI=1S/C17H20N2O2/c1-12-6-2-3-8-14(12)11-19-17(21)15(18)10-13-7-4-5-9-16(13)20/h2-9,15,20H,10-11,18H2,1H3,(H,19,21). The molecular weight excluding hydrogens is 264 g/mol. The van der Waals surface area contributed by atoms with E-state index in [-0.39, 0.29) is 11.7 Å². The first-order valence-electron chi connectivity index (χ1n) is 6.92. The first-order valence-corrected chi connectivity index (χ1v) is 6.92. The summed E-state index contributed by atoms with van der Waals surface area (Å²) in [7, 11) is 0. The number of phenols is 1. The minimum atomic E-state index is -0.678. The van der Waals surface area contributed by atoms with Crippen LogP contribution in [0.4, 0.5) is 0 Å². The minimum absolute atomic E-state index is 0.166. The molecule has 0 heterocycles. The smallest absolute Gasteiger partial charge is 0.237 e. The molecule has 0 bridgehead atoms. The van der Waals surface area contributed by atoms with Gasteiger partial charge in [-0.15, -0.1) is 0 Å². The molecule has 2 rings (SSSR count). The average Bonchev–Trinajstić information content (AvgIpc) is 2.48. The van der Waals surface area contributed by atoms with E-state index < -0.39 is 6.04 Å². The lowest BCUT2D eigenvalue weighted by Crippen LogP contribution is -2.41. The highest BCUT2D eigenvalue weighted by Crippen LogP contribution is 2.17. The Kier molecular flexibility index (Phi) is 4.95. The summed E-state index contributed by atoms with van der Waals surface area (Å²) >= 11 is 0. The Hall–Kier alpha value is -2.33. The van der Waals surface area contributed by atoms with E-state index in [4.69, 9.17) is 5.73 Å². The minimum Gasteiger partial charge on any atom is -0.508 e. The fraction of sp³-hybridized carbons (Fsp3) is 0.235. The molecule has 4 heteroatoms. The number of aromatic hydroxyl groups is 1. The van der Waals surface area contributed by atoms with E-state index in [0.717, 1.165) is 11.1 Å². The summed E-state index contributed by atoms with van der Waals surface area (Å²) in [6.07, 6.45) is 0.312. The zero-order chi connectivity index (χ0) is 15.2. The predicted octanol–water partition coefficient (Wildman–Crippen LogP) is 1.89. The molecule has 0 aliphatic carbocycles. The van der Waals surface area contributed by atoms with Crippen molar-refractivity contribution in [2.24, 2.45) is 5.73 Å². The predicted molar refractivity (Wildman–Crippen MR) is 82.8 cm³/mol. The van der Waals surface area contributed by atoms with Gasteiger partial charge in [0.05, 0.1) is 6.04 Å². The van der Waals surface area contributed by atoms with Gasteiger partial charge in [0.2, 0.25) is 5.91 Å². The Morgan fingerprint density at radius 3 is 2.43 bits per heavy atom. The van der Waals surface area contributed by atoms with Gasteiger partial charge in [-0.25, -0.2) is 0 Å². The molecule has 1 atom stereocenters. The number of rotatable bonds is 5. The molecule has 0 aliphatic heterocycles. The van der Waals surface area contributed by atoms with Crippen LogP contribution in [0.25, 0.3) is 0 Å². The third-order valence-electron chi connectivity index (χ3n) is 3.48. The van der Waals surface area contributed by atoms with Crippen LogP contribution in [0, 0.1) is 6.92 Å². The monoisotopic (exact) mass is 284 g/mol. The Morgan fingerprint density at radius 2 is 1.76 bits per heavy atom. The van der Waals surface area contributed by atoms with Crippen LogP contribution in [-0.4, -0.2) is 17.1 Å². The van der Waals surface area contributed by atoms with Crippen LogP contribution in [0.15, 0.2) is 48.5 Å². The first-order chi connectivity index (χ1) is 10.1. The Labute approximate surface area is 124 Å². The number of hydrogen-bond donors (Lipinski definition) is 3. The van der Waals surface area contributed by atoms with Crippen LogP contribution in [-0.2, 0) is 17.8 Å². The number of carbonyl (C=O) groups excluding carboxylic acids is 1. The molecule has 0 spiro atoms. The van der Waals surface area contributed by atoms with Crippen molar-refractivity contribution in [3.8, 4) is 5.75 Å². The maximum absolute atomic E-state index is 12.0. The van der Waals surface area contributed by atoms with Gasteiger partial charge in [0.15, 0.2) is 0 Å². The second-order valence-corrected chi connectivity index (χ2v) is 5.08. The number of phenolic OH excluding ortho intramolecular Hbond substituents is 1. The molecular formula is C17H20N2O2. The lowest BCUT2D eigenvalue weighted by molar-refractivity contribution is -0.122. The zero-order valence-electron chi connectivity index (χ0n) is 12.0. The number of carbonyl (C=O) groups is 1. The van der Waals surface area contributed by atoms with E-state index in [1.807, 2.05) is 37.3 Å². The highest BCUT2D eigenvalue weighted by Gasteiger charge is 2.15.